The minimum absolute atomic E-state index is 0.423. The maximum absolute atomic E-state index is 5.22. The zero-order valence-corrected chi connectivity index (χ0v) is 9.72. The Labute approximate surface area is 95.4 Å². The van der Waals surface area contributed by atoms with E-state index in [0.29, 0.717) is 12.1 Å². The molecule has 0 aliphatic carbocycles. The number of methoxy groups -OCH3 is 2. The lowest BCUT2D eigenvalue weighted by Crippen LogP contribution is -2.52. The number of aromatic nitrogens is 2. The molecule has 1 aliphatic heterocycles. The maximum atomic E-state index is 5.22. The lowest BCUT2D eigenvalue weighted by atomic mass is 10.1. The molecule has 0 spiro atoms. The van der Waals surface area contributed by atoms with Crippen molar-refractivity contribution in [1.29, 1.82) is 0 Å². The summed E-state index contributed by atoms with van der Waals surface area (Å²) in [6.07, 6.45) is 5.03. The Hall–Kier alpha value is -1.20. The van der Waals surface area contributed by atoms with E-state index in [1.54, 1.807) is 14.2 Å². The van der Waals surface area contributed by atoms with Crippen LogP contribution in [0, 0.1) is 0 Å². The summed E-state index contributed by atoms with van der Waals surface area (Å²) >= 11 is 0. The molecule has 1 aliphatic rings. The number of ether oxygens (including phenoxy) is 2. The van der Waals surface area contributed by atoms with Gasteiger partial charge < -0.3 is 9.47 Å². The highest BCUT2D eigenvalue weighted by atomic mass is 16.5. The topological polar surface area (TPSA) is 47.5 Å². The van der Waals surface area contributed by atoms with Crippen LogP contribution in [0.2, 0.25) is 0 Å². The summed E-state index contributed by atoms with van der Waals surface area (Å²) in [6, 6.07) is 0.423. The number of hydrogen-bond acceptors (Lipinski definition) is 5. The molecule has 0 bridgehead atoms. The molecule has 0 atom stereocenters. The highest BCUT2D eigenvalue weighted by Crippen LogP contribution is 2.11. The molecule has 2 heterocycles. The van der Waals surface area contributed by atoms with E-state index in [1.807, 2.05) is 12.4 Å². The van der Waals surface area contributed by atoms with Gasteiger partial charge in [0.15, 0.2) is 0 Å². The molecule has 88 valence electrons. The van der Waals surface area contributed by atoms with Crippen molar-refractivity contribution in [1.82, 2.24) is 14.9 Å². The van der Waals surface area contributed by atoms with Gasteiger partial charge in [0, 0.05) is 39.1 Å². The third-order valence-corrected chi connectivity index (χ3v) is 2.84. The summed E-state index contributed by atoms with van der Waals surface area (Å²) < 4.78 is 10.1. The van der Waals surface area contributed by atoms with E-state index >= 15 is 0 Å². The first-order chi connectivity index (χ1) is 7.81. The molecule has 1 aromatic heterocycles. The zero-order valence-electron chi connectivity index (χ0n) is 9.72. The average Bonchev–Trinajstić information content (AvgIpc) is 2.28. The van der Waals surface area contributed by atoms with Crippen LogP contribution in [-0.4, -0.2) is 54.8 Å². The van der Waals surface area contributed by atoms with E-state index in [2.05, 4.69) is 14.9 Å². The largest absolute Gasteiger partial charge is 0.467 e. The molecule has 0 amide bonds. The third kappa shape index (κ3) is 2.68. The summed E-state index contributed by atoms with van der Waals surface area (Å²) in [5.41, 5.74) is 1.14. The standard InChI is InChI=1S/C11H17N3O2/c1-15-10-7-14(8-10)4-3-9-5-12-11(16-2)13-6-9/h5-6,10H,3-4,7-8H2,1-2H3. The second-order valence-electron chi connectivity index (χ2n) is 3.95. The Balaban J connectivity index is 1.73. The molecule has 1 fully saturated rings. The van der Waals surface area contributed by atoms with Gasteiger partial charge in [0.2, 0.25) is 0 Å². The second-order valence-corrected chi connectivity index (χ2v) is 3.95. The van der Waals surface area contributed by atoms with Crippen molar-refractivity contribution >= 4 is 0 Å². The van der Waals surface area contributed by atoms with E-state index in [9.17, 15) is 0 Å². The van der Waals surface area contributed by atoms with Crippen molar-refractivity contribution in [2.45, 2.75) is 12.5 Å². The Morgan fingerprint density at radius 1 is 1.31 bits per heavy atom. The molecule has 0 radical (unpaired) electrons. The maximum Gasteiger partial charge on any atom is 0.316 e. The SMILES string of the molecule is COc1ncc(CCN2CC(OC)C2)cn1. The van der Waals surface area contributed by atoms with Gasteiger partial charge in [0.1, 0.15) is 0 Å². The predicted molar refractivity (Wildman–Crippen MR) is 59.5 cm³/mol. The molecule has 0 unspecified atom stereocenters. The lowest BCUT2D eigenvalue weighted by molar-refractivity contribution is -0.0284. The lowest BCUT2D eigenvalue weighted by Gasteiger charge is -2.38. The minimum Gasteiger partial charge on any atom is -0.467 e. The number of nitrogens with zero attached hydrogens (tertiary/aromatic N) is 3. The van der Waals surface area contributed by atoms with E-state index < -0.39 is 0 Å². The fourth-order valence-corrected chi connectivity index (χ4v) is 1.72. The Kier molecular flexibility index (Phi) is 3.69. The predicted octanol–water partition coefficient (Wildman–Crippen LogP) is 0.358. The van der Waals surface area contributed by atoms with Gasteiger partial charge >= 0.3 is 6.01 Å². The van der Waals surface area contributed by atoms with E-state index in [4.69, 9.17) is 9.47 Å². The molecule has 1 aromatic rings. The molecular weight excluding hydrogens is 206 g/mol. The highest BCUT2D eigenvalue weighted by molar-refractivity contribution is 5.08. The summed E-state index contributed by atoms with van der Waals surface area (Å²) in [5, 5.41) is 0. The molecule has 2 rings (SSSR count). The van der Waals surface area contributed by atoms with Crippen LogP contribution in [0.5, 0.6) is 6.01 Å². The van der Waals surface area contributed by atoms with Crippen LogP contribution in [0.25, 0.3) is 0 Å². The zero-order chi connectivity index (χ0) is 11.4. The third-order valence-electron chi connectivity index (χ3n) is 2.84. The molecule has 1 saturated heterocycles. The molecular formula is C11H17N3O2. The normalized spacial score (nSPS) is 17.1. The van der Waals surface area contributed by atoms with Gasteiger partial charge in [-0.2, -0.15) is 0 Å². The number of rotatable bonds is 5. The van der Waals surface area contributed by atoms with Crippen LogP contribution in [0.1, 0.15) is 5.56 Å². The molecule has 16 heavy (non-hydrogen) atoms. The van der Waals surface area contributed by atoms with Crippen molar-refractivity contribution in [3.8, 4) is 6.01 Å². The first-order valence-electron chi connectivity index (χ1n) is 5.42. The van der Waals surface area contributed by atoms with Gasteiger partial charge in [-0.3, -0.25) is 4.90 Å². The van der Waals surface area contributed by atoms with Crippen molar-refractivity contribution in [3.05, 3.63) is 18.0 Å². The van der Waals surface area contributed by atoms with Crippen LogP contribution in [-0.2, 0) is 11.2 Å². The Morgan fingerprint density at radius 3 is 2.56 bits per heavy atom. The fourth-order valence-electron chi connectivity index (χ4n) is 1.72. The van der Waals surface area contributed by atoms with Gasteiger partial charge in [-0.25, -0.2) is 9.97 Å². The quantitative estimate of drug-likeness (QED) is 0.721. The van der Waals surface area contributed by atoms with E-state index in [0.717, 1.165) is 31.6 Å². The van der Waals surface area contributed by atoms with Gasteiger partial charge in [0.05, 0.1) is 13.2 Å². The van der Waals surface area contributed by atoms with Gasteiger partial charge in [-0.05, 0) is 12.0 Å². The van der Waals surface area contributed by atoms with Crippen molar-refractivity contribution in [2.24, 2.45) is 0 Å². The number of hydrogen-bond donors (Lipinski definition) is 0. The van der Waals surface area contributed by atoms with Crippen LogP contribution in [0.15, 0.2) is 12.4 Å². The average molecular weight is 223 g/mol. The molecule has 0 N–H and O–H groups in total. The van der Waals surface area contributed by atoms with Gasteiger partial charge in [-0.15, -0.1) is 0 Å². The number of likely N-dealkylation sites (tertiary alicyclic amines) is 1. The monoisotopic (exact) mass is 223 g/mol. The van der Waals surface area contributed by atoms with Crippen molar-refractivity contribution < 1.29 is 9.47 Å². The van der Waals surface area contributed by atoms with Crippen LogP contribution in [0.3, 0.4) is 0 Å². The van der Waals surface area contributed by atoms with Crippen LogP contribution in [0.4, 0.5) is 0 Å². The fraction of sp³-hybridized carbons (Fsp3) is 0.636. The summed E-state index contributed by atoms with van der Waals surface area (Å²) in [7, 11) is 3.33. The first-order valence-corrected chi connectivity index (χ1v) is 5.42. The molecule has 5 nitrogen and oxygen atoms in total. The van der Waals surface area contributed by atoms with Gasteiger partial charge in [-0.1, -0.05) is 0 Å². The smallest absolute Gasteiger partial charge is 0.316 e. The Morgan fingerprint density at radius 2 is 2.00 bits per heavy atom. The summed E-state index contributed by atoms with van der Waals surface area (Å²) in [6.45, 7) is 3.11. The Bertz CT molecular complexity index is 323. The van der Waals surface area contributed by atoms with Crippen LogP contribution < -0.4 is 4.74 Å². The van der Waals surface area contributed by atoms with E-state index in [1.165, 1.54) is 0 Å². The van der Waals surface area contributed by atoms with Gasteiger partial charge in [0.25, 0.3) is 0 Å². The van der Waals surface area contributed by atoms with Crippen LogP contribution >= 0.6 is 0 Å². The summed E-state index contributed by atoms with van der Waals surface area (Å²) in [5.74, 6) is 0. The van der Waals surface area contributed by atoms with Crippen molar-refractivity contribution in [3.63, 3.8) is 0 Å². The van der Waals surface area contributed by atoms with Crippen molar-refractivity contribution in [2.75, 3.05) is 33.9 Å². The van der Waals surface area contributed by atoms with E-state index in [-0.39, 0.29) is 0 Å². The minimum atomic E-state index is 0.423. The molecule has 5 heteroatoms. The highest BCUT2D eigenvalue weighted by Gasteiger charge is 2.25. The molecule has 0 aromatic carbocycles. The molecule has 0 saturated carbocycles. The summed E-state index contributed by atoms with van der Waals surface area (Å²) in [4.78, 5) is 10.5. The first kappa shape index (κ1) is 11.3. The second kappa shape index (κ2) is 5.23.